The number of hydrogen-bond donors (Lipinski definition) is 15. The first-order valence-corrected chi connectivity index (χ1v) is 29.2. The number of nitrogens with one attached hydrogen (secondary N) is 11. The highest BCUT2D eigenvalue weighted by molar-refractivity contribution is 7.80. The lowest BCUT2D eigenvalue weighted by Gasteiger charge is -2.27. The smallest absolute Gasteiger partial charge is 0.243 e. The van der Waals surface area contributed by atoms with E-state index in [-0.39, 0.29) is 89.9 Å². The lowest BCUT2D eigenvalue weighted by atomic mass is 10.0. The summed E-state index contributed by atoms with van der Waals surface area (Å²) in [6.45, 7) is 5.41. The van der Waals surface area contributed by atoms with Gasteiger partial charge in [0.05, 0.1) is 19.2 Å². The van der Waals surface area contributed by atoms with Crippen molar-refractivity contribution in [1.82, 2.24) is 58.5 Å². The van der Waals surface area contributed by atoms with Crippen LogP contribution in [0.15, 0.2) is 4.99 Å². The van der Waals surface area contributed by atoms with E-state index in [2.05, 4.69) is 70.4 Å². The minimum atomic E-state index is -1.53. The molecule has 0 bridgehead atoms. The van der Waals surface area contributed by atoms with Gasteiger partial charge in [0.2, 0.25) is 59.1 Å². The van der Waals surface area contributed by atoms with Crippen LogP contribution in [0.4, 0.5) is 0 Å². The molecule has 0 aromatic rings. The van der Waals surface area contributed by atoms with E-state index in [0.717, 1.165) is 19.4 Å². The lowest BCUT2D eigenvalue weighted by Crippen LogP contribution is -2.59. The third-order valence-corrected chi connectivity index (χ3v) is 13.4. The Morgan fingerprint density at radius 2 is 1.10 bits per heavy atom. The van der Waals surface area contributed by atoms with Crippen molar-refractivity contribution in [3.05, 3.63) is 0 Å². The van der Waals surface area contributed by atoms with Gasteiger partial charge in [-0.05, 0) is 96.2 Å². The van der Waals surface area contributed by atoms with Crippen LogP contribution in [0.2, 0.25) is 0 Å². The molecule has 6 atom stereocenters. The van der Waals surface area contributed by atoms with Crippen LogP contribution in [0.1, 0.15) is 181 Å². The molecule has 1 aliphatic heterocycles. The molecule has 10 amide bonds. The standard InChI is InChI=1S/C53H97N15O11S/c1-4-5-6-7-8-9-10-11-12-13-14-18-31-60-53(80)61-32-21-17-24-39-49(77)66-40(51(79)68-46(36(2)69)47(54)75)25-16-20-30-58-45(74)35-63-43(72)28-27-42(71)62-34-44(73)57-29-19-15-23-38(64-37(3)70)48(76)67-41(50(78)65-39)26-22-33-59-52(55)56/h36,38-41,46,69H,4-35H2,1-3H3,(H2,54,75)(H,57,73)(H,58,74)(H,62,71)(H,63,72)(H,64,70)(H,65,78)(H,66,77)(H,67,76)(H,68,79)(H4,55,56,59)(H2,60,61,80)/t36-,38?,39?,40?,41+,46+/m1/s1. The molecule has 0 aromatic carbocycles. The van der Waals surface area contributed by atoms with E-state index in [1.165, 1.54) is 78.1 Å². The van der Waals surface area contributed by atoms with Crippen LogP contribution in [0.3, 0.4) is 0 Å². The fourth-order valence-electron chi connectivity index (χ4n) is 8.52. The predicted molar refractivity (Wildman–Crippen MR) is 309 cm³/mol. The monoisotopic (exact) mass is 1150 g/mol. The number of aliphatic hydroxyl groups is 1. The highest BCUT2D eigenvalue weighted by Crippen LogP contribution is 2.13. The molecule has 0 spiro atoms. The Balaban J connectivity index is 3.38. The van der Waals surface area contributed by atoms with Crippen molar-refractivity contribution in [2.75, 3.05) is 45.8 Å². The van der Waals surface area contributed by atoms with Gasteiger partial charge in [-0.2, -0.15) is 0 Å². The molecule has 3 unspecified atom stereocenters. The number of thiocarbonyl (C=S) groups is 1. The second-order valence-corrected chi connectivity index (χ2v) is 20.7. The fourth-order valence-corrected chi connectivity index (χ4v) is 8.72. The third kappa shape index (κ3) is 36.7. The van der Waals surface area contributed by atoms with E-state index < -0.39 is 102 Å². The van der Waals surface area contributed by atoms with Crippen LogP contribution >= 0.6 is 12.2 Å². The highest BCUT2D eigenvalue weighted by Gasteiger charge is 2.33. The average Bonchev–Trinajstić information content (AvgIpc) is 3.40. The molecule has 26 nitrogen and oxygen atoms in total. The Bertz CT molecular complexity index is 1960. The maximum Gasteiger partial charge on any atom is 0.243 e. The van der Waals surface area contributed by atoms with Gasteiger partial charge < -0.3 is 80.8 Å². The summed E-state index contributed by atoms with van der Waals surface area (Å²) in [5, 5.41) is 40.5. The Kier molecular flexibility index (Phi) is 39.7. The molecule has 1 fully saturated rings. The molecule has 0 aromatic heterocycles. The Hall–Kier alpha value is -6.38. The van der Waals surface area contributed by atoms with Crippen LogP contribution in [-0.2, 0) is 47.9 Å². The number of aliphatic imine (C=N–C) groups is 1. The zero-order valence-electron chi connectivity index (χ0n) is 47.7. The minimum absolute atomic E-state index is 0.0204. The number of hydrogen-bond acceptors (Lipinski definition) is 13. The molecule has 0 aliphatic carbocycles. The van der Waals surface area contributed by atoms with Gasteiger partial charge >= 0.3 is 0 Å². The average molecular weight is 1150 g/mol. The topological polar surface area (TPSA) is 414 Å². The van der Waals surface area contributed by atoms with E-state index in [1.54, 1.807) is 0 Å². The van der Waals surface area contributed by atoms with Gasteiger partial charge in [0.15, 0.2) is 11.1 Å². The number of unbranched alkanes of at least 4 members (excludes halogenated alkanes) is 12. The maximum absolute atomic E-state index is 14.4. The largest absolute Gasteiger partial charge is 0.391 e. The molecule has 0 radical (unpaired) electrons. The summed E-state index contributed by atoms with van der Waals surface area (Å²) in [6, 6.07) is -6.60. The Morgan fingerprint density at radius 3 is 1.60 bits per heavy atom. The quantitative estimate of drug-likeness (QED) is 0.0209. The first-order chi connectivity index (χ1) is 38.2. The fraction of sp³-hybridized carbons (Fsp3) is 0.774. The van der Waals surface area contributed by atoms with Gasteiger partial charge in [0.1, 0.15) is 30.2 Å². The molecular weight excluding hydrogens is 1050 g/mol. The lowest BCUT2D eigenvalue weighted by molar-refractivity contribution is -0.135. The van der Waals surface area contributed by atoms with E-state index in [4.69, 9.17) is 29.4 Å². The zero-order chi connectivity index (χ0) is 59.5. The molecule has 27 heteroatoms. The SMILES string of the molecule is CCCCCCCCCCCCCCNC(=S)NCCCCC1NC(=O)[C@H](CCCN=C(N)N)NC(=O)C(NC(C)=O)CCCCNC(=O)CNC(=O)CCC(=O)NCC(=O)NCCCCC(C(=O)N[C@H](C(N)=O)[C@@H](C)O)NC1=O. The summed E-state index contributed by atoms with van der Waals surface area (Å²) < 4.78 is 0. The van der Waals surface area contributed by atoms with Crippen LogP contribution in [0.25, 0.3) is 0 Å². The number of nitrogens with zero attached hydrogens (tertiary/aromatic N) is 1. The molecule has 1 aliphatic rings. The normalized spacial score (nSPS) is 20.0. The summed E-state index contributed by atoms with van der Waals surface area (Å²) in [5.74, 6) is -7.12. The summed E-state index contributed by atoms with van der Waals surface area (Å²) in [7, 11) is 0. The van der Waals surface area contributed by atoms with Crippen LogP contribution < -0.4 is 75.7 Å². The maximum atomic E-state index is 14.4. The summed E-state index contributed by atoms with van der Waals surface area (Å²) in [5.41, 5.74) is 16.6. The summed E-state index contributed by atoms with van der Waals surface area (Å²) >= 11 is 5.52. The Morgan fingerprint density at radius 1 is 0.625 bits per heavy atom. The third-order valence-electron chi connectivity index (χ3n) is 13.1. The van der Waals surface area contributed by atoms with Gasteiger partial charge in [-0.15, -0.1) is 0 Å². The zero-order valence-corrected chi connectivity index (χ0v) is 48.5. The van der Waals surface area contributed by atoms with E-state index >= 15 is 0 Å². The number of primary amides is 1. The summed E-state index contributed by atoms with van der Waals surface area (Å²) in [4.78, 5) is 135. The molecule has 1 rings (SSSR count). The first kappa shape index (κ1) is 71.6. The van der Waals surface area contributed by atoms with Crippen molar-refractivity contribution in [2.45, 2.75) is 218 Å². The van der Waals surface area contributed by atoms with E-state index in [1.807, 2.05) is 0 Å². The number of amides is 10. The van der Waals surface area contributed by atoms with E-state index in [0.29, 0.717) is 37.3 Å². The van der Waals surface area contributed by atoms with Gasteiger partial charge in [-0.3, -0.25) is 52.9 Å². The number of aliphatic hydroxyl groups excluding tert-OH is 1. The molecule has 1 heterocycles. The Labute approximate surface area is 477 Å². The molecule has 1 saturated heterocycles. The first-order valence-electron chi connectivity index (χ1n) is 28.8. The number of carbonyl (C=O) groups is 10. The highest BCUT2D eigenvalue weighted by atomic mass is 32.1. The summed E-state index contributed by atoms with van der Waals surface area (Å²) in [6.07, 6.45) is 15.2. The number of nitrogens with two attached hydrogens (primary N) is 3. The van der Waals surface area contributed by atoms with Crippen molar-refractivity contribution in [3.8, 4) is 0 Å². The molecule has 80 heavy (non-hydrogen) atoms. The van der Waals surface area contributed by atoms with Crippen LogP contribution in [0, 0.1) is 0 Å². The van der Waals surface area contributed by atoms with E-state index in [9.17, 15) is 53.1 Å². The minimum Gasteiger partial charge on any atom is -0.391 e. The predicted octanol–water partition coefficient (Wildman–Crippen LogP) is -0.715. The van der Waals surface area contributed by atoms with Crippen molar-refractivity contribution < 1.29 is 53.1 Å². The number of guanidine groups is 1. The van der Waals surface area contributed by atoms with Gasteiger partial charge in [-0.25, -0.2) is 0 Å². The van der Waals surface area contributed by atoms with Gasteiger partial charge in [-0.1, -0.05) is 77.6 Å². The van der Waals surface area contributed by atoms with Crippen molar-refractivity contribution in [3.63, 3.8) is 0 Å². The van der Waals surface area contributed by atoms with Crippen molar-refractivity contribution in [2.24, 2.45) is 22.2 Å². The number of rotatable bonds is 27. The second kappa shape index (κ2) is 44.4. The molecular formula is C53H97N15O11S. The second-order valence-electron chi connectivity index (χ2n) is 20.3. The number of carbonyl (C=O) groups excluding carboxylic acids is 10. The molecule has 0 saturated carbocycles. The molecule has 18 N–H and O–H groups in total. The van der Waals surface area contributed by atoms with Crippen LogP contribution in [-0.4, -0.2) is 157 Å². The van der Waals surface area contributed by atoms with Crippen molar-refractivity contribution >= 4 is 82.4 Å². The van der Waals surface area contributed by atoms with Crippen LogP contribution in [0.5, 0.6) is 0 Å². The van der Waals surface area contributed by atoms with Gasteiger partial charge in [0, 0.05) is 52.5 Å². The van der Waals surface area contributed by atoms with Gasteiger partial charge in [0.25, 0.3) is 0 Å². The van der Waals surface area contributed by atoms with Crippen molar-refractivity contribution in [1.29, 1.82) is 0 Å². The molecule has 456 valence electrons.